The molecule has 2 aromatic heterocycles. The van der Waals surface area contributed by atoms with E-state index in [0.717, 1.165) is 16.8 Å². The second-order valence-electron chi connectivity index (χ2n) is 4.72. The fourth-order valence-corrected chi connectivity index (χ4v) is 2.62. The lowest BCUT2D eigenvalue weighted by Crippen LogP contribution is -2.10. The predicted octanol–water partition coefficient (Wildman–Crippen LogP) is 3.81. The van der Waals surface area contributed by atoms with Crippen LogP contribution in [0.3, 0.4) is 0 Å². The van der Waals surface area contributed by atoms with Crippen LogP contribution in [0.4, 0.5) is 4.39 Å². The Hall–Kier alpha value is -1.91. The summed E-state index contributed by atoms with van der Waals surface area (Å²) >= 11 is 6.23. The summed E-state index contributed by atoms with van der Waals surface area (Å²) in [4.78, 5) is 4.22. The molecule has 0 aliphatic carbocycles. The Bertz CT molecular complexity index is 780. The number of nitrogens with zero attached hydrogens (tertiary/aromatic N) is 2. The van der Waals surface area contributed by atoms with Gasteiger partial charge in [-0.15, -0.1) is 0 Å². The number of pyridine rings is 1. The van der Waals surface area contributed by atoms with E-state index in [4.69, 9.17) is 17.3 Å². The Balaban J connectivity index is 2.40. The highest BCUT2D eigenvalue weighted by Gasteiger charge is 2.16. The fourth-order valence-electron chi connectivity index (χ4n) is 2.36. The maximum Gasteiger partial charge on any atom is 0.156 e. The van der Waals surface area contributed by atoms with Crippen molar-refractivity contribution < 1.29 is 4.39 Å². The molecule has 3 rings (SSSR count). The van der Waals surface area contributed by atoms with E-state index in [-0.39, 0.29) is 11.9 Å². The number of benzene rings is 1. The molecule has 0 aliphatic heterocycles. The molecule has 102 valence electrons. The molecule has 2 N–H and O–H groups in total. The minimum Gasteiger partial charge on any atom is -0.324 e. The second kappa shape index (κ2) is 4.89. The van der Waals surface area contributed by atoms with Gasteiger partial charge < -0.3 is 5.73 Å². The number of rotatable bonds is 2. The van der Waals surface area contributed by atoms with Gasteiger partial charge in [0.05, 0.1) is 10.7 Å². The van der Waals surface area contributed by atoms with Crippen LogP contribution in [0.15, 0.2) is 42.7 Å². The van der Waals surface area contributed by atoms with Crippen molar-refractivity contribution in [1.29, 1.82) is 0 Å². The van der Waals surface area contributed by atoms with Crippen LogP contribution in [-0.4, -0.2) is 9.38 Å². The first kappa shape index (κ1) is 13.1. The van der Waals surface area contributed by atoms with Gasteiger partial charge in [-0.2, -0.15) is 0 Å². The average Bonchev–Trinajstić information content (AvgIpc) is 2.88. The molecule has 20 heavy (non-hydrogen) atoms. The van der Waals surface area contributed by atoms with E-state index in [1.165, 1.54) is 12.1 Å². The van der Waals surface area contributed by atoms with Gasteiger partial charge in [0.1, 0.15) is 5.82 Å². The first-order valence-electron chi connectivity index (χ1n) is 6.25. The summed E-state index contributed by atoms with van der Waals surface area (Å²) in [6.07, 6.45) is 3.46. The van der Waals surface area contributed by atoms with Crippen LogP contribution < -0.4 is 5.73 Å². The van der Waals surface area contributed by atoms with Crippen molar-refractivity contribution >= 4 is 17.2 Å². The van der Waals surface area contributed by atoms with Gasteiger partial charge in [-0.3, -0.25) is 4.40 Å². The molecule has 1 unspecified atom stereocenters. The molecule has 1 aromatic carbocycles. The SMILES string of the molecule is CC(N)c1cc(Cl)c2nccn2c1-c1cccc(F)c1. The minimum atomic E-state index is -0.290. The molecule has 0 amide bonds. The molecular weight excluding hydrogens is 277 g/mol. The first-order chi connectivity index (χ1) is 9.58. The Kier molecular flexibility index (Phi) is 3.20. The summed E-state index contributed by atoms with van der Waals surface area (Å²) in [5.74, 6) is -0.290. The number of nitrogens with two attached hydrogens (primary N) is 1. The van der Waals surface area contributed by atoms with E-state index in [9.17, 15) is 4.39 Å². The van der Waals surface area contributed by atoms with E-state index >= 15 is 0 Å². The van der Waals surface area contributed by atoms with Crippen molar-refractivity contribution in [3.05, 3.63) is 59.1 Å². The van der Waals surface area contributed by atoms with E-state index < -0.39 is 0 Å². The molecule has 0 aliphatic rings. The van der Waals surface area contributed by atoms with Crippen LogP contribution in [-0.2, 0) is 0 Å². The van der Waals surface area contributed by atoms with Crippen molar-refractivity contribution in [2.24, 2.45) is 5.73 Å². The van der Waals surface area contributed by atoms with Crippen LogP contribution in [0.5, 0.6) is 0 Å². The predicted molar refractivity (Wildman–Crippen MR) is 78.2 cm³/mol. The van der Waals surface area contributed by atoms with E-state index in [0.29, 0.717) is 10.7 Å². The second-order valence-corrected chi connectivity index (χ2v) is 5.12. The molecule has 3 nitrogen and oxygen atoms in total. The Morgan fingerprint density at radius 2 is 2.15 bits per heavy atom. The number of imidazole rings is 1. The molecule has 0 radical (unpaired) electrons. The summed E-state index contributed by atoms with van der Waals surface area (Å²) in [5.41, 5.74) is 9.08. The summed E-state index contributed by atoms with van der Waals surface area (Å²) in [6, 6.07) is 7.99. The van der Waals surface area contributed by atoms with Crippen LogP contribution in [0.1, 0.15) is 18.5 Å². The standard InChI is InChI=1S/C15H13ClFN3/c1-9(18)12-8-13(16)15-19-5-6-20(15)14(12)10-3-2-4-11(17)7-10/h2-9H,18H2,1H3. The van der Waals surface area contributed by atoms with Gasteiger partial charge in [0, 0.05) is 24.0 Å². The Morgan fingerprint density at radius 1 is 1.35 bits per heavy atom. The first-order valence-corrected chi connectivity index (χ1v) is 6.62. The zero-order valence-corrected chi connectivity index (χ0v) is 11.6. The summed E-state index contributed by atoms with van der Waals surface area (Å²) in [6.45, 7) is 1.87. The lowest BCUT2D eigenvalue weighted by atomic mass is 10.0. The van der Waals surface area contributed by atoms with Gasteiger partial charge in [0.15, 0.2) is 5.65 Å². The molecule has 0 saturated heterocycles. The third-order valence-electron chi connectivity index (χ3n) is 3.24. The number of hydrogen-bond donors (Lipinski definition) is 1. The third kappa shape index (κ3) is 2.07. The molecule has 0 bridgehead atoms. The highest BCUT2D eigenvalue weighted by molar-refractivity contribution is 6.33. The molecule has 3 aromatic rings. The zero-order chi connectivity index (χ0) is 14.3. The van der Waals surface area contributed by atoms with E-state index in [2.05, 4.69) is 4.98 Å². The van der Waals surface area contributed by atoms with Crippen LogP contribution in [0, 0.1) is 5.82 Å². The largest absolute Gasteiger partial charge is 0.324 e. The van der Waals surface area contributed by atoms with Crippen LogP contribution in [0.25, 0.3) is 16.9 Å². The van der Waals surface area contributed by atoms with E-state index in [1.807, 2.05) is 17.4 Å². The summed E-state index contributed by atoms with van der Waals surface area (Å²) in [7, 11) is 0. The van der Waals surface area contributed by atoms with Crippen molar-refractivity contribution in [2.45, 2.75) is 13.0 Å². The molecule has 5 heteroatoms. The number of fused-ring (bicyclic) bond motifs is 1. The van der Waals surface area contributed by atoms with Gasteiger partial charge >= 0.3 is 0 Å². The van der Waals surface area contributed by atoms with E-state index in [1.54, 1.807) is 24.5 Å². The van der Waals surface area contributed by atoms with Crippen molar-refractivity contribution in [3.8, 4) is 11.3 Å². The molecule has 2 heterocycles. The highest BCUT2D eigenvalue weighted by atomic mass is 35.5. The Labute approximate surface area is 120 Å². The zero-order valence-electron chi connectivity index (χ0n) is 10.8. The number of halogens is 2. The van der Waals surface area contributed by atoms with Gasteiger partial charge in [-0.05, 0) is 30.7 Å². The lowest BCUT2D eigenvalue weighted by Gasteiger charge is -2.16. The topological polar surface area (TPSA) is 43.3 Å². The maximum absolute atomic E-state index is 13.5. The maximum atomic E-state index is 13.5. The minimum absolute atomic E-state index is 0.224. The van der Waals surface area contributed by atoms with Crippen molar-refractivity contribution in [1.82, 2.24) is 9.38 Å². The van der Waals surface area contributed by atoms with Crippen molar-refractivity contribution in [3.63, 3.8) is 0 Å². The van der Waals surface area contributed by atoms with Crippen LogP contribution >= 0.6 is 11.6 Å². The molecule has 0 spiro atoms. The van der Waals surface area contributed by atoms with Gasteiger partial charge in [-0.1, -0.05) is 23.7 Å². The Morgan fingerprint density at radius 3 is 2.85 bits per heavy atom. The highest BCUT2D eigenvalue weighted by Crippen LogP contribution is 2.32. The lowest BCUT2D eigenvalue weighted by molar-refractivity contribution is 0.628. The molecular formula is C15H13ClFN3. The van der Waals surface area contributed by atoms with Gasteiger partial charge in [0.2, 0.25) is 0 Å². The molecule has 0 saturated carbocycles. The monoisotopic (exact) mass is 289 g/mol. The van der Waals surface area contributed by atoms with Gasteiger partial charge in [0.25, 0.3) is 0 Å². The number of hydrogen-bond acceptors (Lipinski definition) is 2. The fraction of sp³-hybridized carbons (Fsp3) is 0.133. The van der Waals surface area contributed by atoms with Crippen LogP contribution in [0.2, 0.25) is 5.02 Å². The van der Waals surface area contributed by atoms with Crippen molar-refractivity contribution in [2.75, 3.05) is 0 Å². The number of aromatic nitrogens is 2. The molecule has 1 atom stereocenters. The third-order valence-corrected chi connectivity index (χ3v) is 3.52. The summed E-state index contributed by atoms with van der Waals surface area (Å²) in [5, 5.41) is 0.530. The average molecular weight is 290 g/mol. The quantitative estimate of drug-likeness (QED) is 0.779. The molecule has 0 fully saturated rings. The summed E-state index contributed by atoms with van der Waals surface area (Å²) < 4.78 is 15.4. The normalized spacial score (nSPS) is 12.8. The smallest absolute Gasteiger partial charge is 0.156 e. The van der Waals surface area contributed by atoms with Gasteiger partial charge in [-0.25, -0.2) is 9.37 Å².